The molecule has 0 spiro atoms. The standard InChI is InChI=1S/C19H22N2O3/c1-13-10-17(14(2)21(13)16-8-9-16)19(23)24-12-18(22)20-11-15-6-4-3-5-7-15/h3-7,10,16H,8-9,11-12H2,1-2H3,(H,20,22). The molecule has 1 amide bonds. The predicted molar refractivity (Wildman–Crippen MR) is 90.7 cm³/mol. The molecule has 126 valence electrons. The van der Waals surface area contributed by atoms with E-state index in [2.05, 4.69) is 9.88 Å². The van der Waals surface area contributed by atoms with Gasteiger partial charge in [0.1, 0.15) is 0 Å². The lowest BCUT2D eigenvalue weighted by Crippen LogP contribution is -2.28. The van der Waals surface area contributed by atoms with Gasteiger partial charge in [-0.05, 0) is 38.3 Å². The largest absolute Gasteiger partial charge is 0.452 e. The van der Waals surface area contributed by atoms with Gasteiger partial charge in [0.2, 0.25) is 0 Å². The highest BCUT2D eigenvalue weighted by molar-refractivity contribution is 5.92. The molecule has 0 radical (unpaired) electrons. The van der Waals surface area contributed by atoms with Gasteiger partial charge in [-0.2, -0.15) is 0 Å². The van der Waals surface area contributed by atoms with Crippen LogP contribution in [0.15, 0.2) is 36.4 Å². The van der Waals surface area contributed by atoms with E-state index < -0.39 is 5.97 Å². The number of rotatable bonds is 6. The molecule has 0 saturated heterocycles. The molecule has 1 N–H and O–H groups in total. The number of amides is 1. The normalized spacial score (nSPS) is 13.6. The quantitative estimate of drug-likeness (QED) is 0.830. The lowest BCUT2D eigenvalue weighted by Gasteiger charge is -2.08. The van der Waals surface area contributed by atoms with Crippen LogP contribution in [0.5, 0.6) is 0 Å². The summed E-state index contributed by atoms with van der Waals surface area (Å²) in [6, 6.07) is 12.0. The van der Waals surface area contributed by atoms with Crippen molar-refractivity contribution in [3.63, 3.8) is 0 Å². The molecular formula is C19H22N2O3. The smallest absolute Gasteiger partial charge is 0.340 e. The molecule has 0 bridgehead atoms. The summed E-state index contributed by atoms with van der Waals surface area (Å²) < 4.78 is 7.35. The topological polar surface area (TPSA) is 60.3 Å². The van der Waals surface area contributed by atoms with Crippen LogP contribution in [0.1, 0.15) is 46.2 Å². The highest BCUT2D eigenvalue weighted by atomic mass is 16.5. The fourth-order valence-electron chi connectivity index (χ4n) is 2.93. The van der Waals surface area contributed by atoms with Crippen LogP contribution in [0.4, 0.5) is 0 Å². The Morgan fingerprint density at radius 1 is 1.21 bits per heavy atom. The molecule has 5 heteroatoms. The summed E-state index contributed by atoms with van der Waals surface area (Å²) in [6.07, 6.45) is 2.32. The third-order valence-corrected chi connectivity index (χ3v) is 4.28. The van der Waals surface area contributed by atoms with Crippen molar-refractivity contribution in [2.75, 3.05) is 6.61 Å². The van der Waals surface area contributed by atoms with E-state index in [4.69, 9.17) is 4.74 Å². The molecule has 1 saturated carbocycles. The number of esters is 1. The molecule has 0 atom stereocenters. The minimum Gasteiger partial charge on any atom is -0.452 e. The number of ether oxygens (including phenoxy) is 1. The van der Waals surface area contributed by atoms with Gasteiger partial charge >= 0.3 is 5.97 Å². The van der Waals surface area contributed by atoms with Crippen LogP contribution in [0.3, 0.4) is 0 Å². The molecule has 1 aromatic heterocycles. The van der Waals surface area contributed by atoms with Crippen molar-refractivity contribution in [1.29, 1.82) is 0 Å². The summed E-state index contributed by atoms with van der Waals surface area (Å²) in [6.45, 7) is 4.08. The summed E-state index contributed by atoms with van der Waals surface area (Å²) in [4.78, 5) is 24.1. The van der Waals surface area contributed by atoms with Gasteiger partial charge in [0, 0.05) is 24.0 Å². The molecular weight excluding hydrogens is 304 g/mol. The van der Waals surface area contributed by atoms with Gasteiger partial charge in [0.05, 0.1) is 5.56 Å². The summed E-state index contributed by atoms with van der Waals surface area (Å²) >= 11 is 0. The molecule has 2 aromatic rings. The van der Waals surface area contributed by atoms with Gasteiger partial charge < -0.3 is 14.6 Å². The number of aromatic nitrogens is 1. The Morgan fingerprint density at radius 3 is 2.58 bits per heavy atom. The van der Waals surface area contributed by atoms with E-state index in [0.29, 0.717) is 18.2 Å². The molecule has 3 rings (SSSR count). The molecule has 1 fully saturated rings. The zero-order valence-corrected chi connectivity index (χ0v) is 14.0. The molecule has 1 aromatic carbocycles. The van der Waals surface area contributed by atoms with Gasteiger partial charge in [-0.1, -0.05) is 30.3 Å². The molecule has 0 aliphatic heterocycles. The third kappa shape index (κ3) is 3.67. The molecule has 1 aliphatic carbocycles. The molecule has 1 aliphatic rings. The van der Waals surface area contributed by atoms with Gasteiger partial charge in [-0.25, -0.2) is 4.79 Å². The minimum atomic E-state index is -0.440. The van der Waals surface area contributed by atoms with Gasteiger partial charge in [-0.15, -0.1) is 0 Å². The van der Waals surface area contributed by atoms with Gasteiger partial charge in [0.15, 0.2) is 6.61 Å². The number of nitrogens with one attached hydrogen (secondary N) is 1. The molecule has 1 heterocycles. The first kappa shape index (κ1) is 16.3. The maximum atomic E-state index is 12.2. The Balaban J connectivity index is 1.52. The molecule has 24 heavy (non-hydrogen) atoms. The summed E-state index contributed by atoms with van der Waals surface area (Å²) in [7, 11) is 0. The van der Waals surface area contributed by atoms with Crippen LogP contribution in [0.25, 0.3) is 0 Å². The first-order valence-electron chi connectivity index (χ1n) is 8.22. The SMILES string of the molecule is Cc1cc(C(=O)OCC(=O)NCc2ccccc2)c(C)n1C1CC1. The van der Waals surface area contributed by atoms with Crippen molar-refractivity contribution in [3.05, 3.63) is 58.9 Å². The Labute approximate surface area is 141 Å². The van der Waals surface area contributed by atoms with Crippen molar-refractivity contribution in [3.8, 4) is 0 Å². The number of benzene rings is 1. The fraction of sp³-hybridized carbons (Fsp3) is 0.368. The van der Waals surface area contributed by atoms with E-state index in [0.717, 1.165) is 29.8 Å². The third-order valence-electron chi connectivity index (χ3n) is 4.28. The Morgan fingerprint density at radius 2 is 1.92 bits per heavy atom. The highest BCUT2D eigenvalue weighted by Crippen LogP contribution is 2.38. The van der Waals surface area contributed by atoms with E-state index in [-0.39, 0.29) is 12.5 Å². The maximum absolute atomic E-state index is 12.2. The zero-order chi connectivity index (χ0) is 17.1. The second kappa shape index (κ2) is 6.91. The lowest BCUT2D eigenvalue weighted by atomic mass is 10.2. The Bertz CT molecular complexity index is 745. The lowest BCUT2D eigenvalue weighted by molar-refractivity contribution is -0.124. The van der Waals surface area contributed by atoms with E-state index in [9.17, 15) is 9.59 Å². The molecule has 5 nitrogen and oxygen atoms in total. The number of hydrogen-bond donors (Lipinski definition) is 1. The summed E-state index contributed by atoms with van der Waals surface area (Å²) in [5.41, 5.74) is 3.54. The van der Waals surface area contributed by atoms with Crippen molar-refractivity contribution < 1.29 is 14.3 Å². The Hall–Kier alpha value is -2.56. The average molecular weight is 326 g/mol. The monoisotopic (exact) mass is 326 g/mol. The fourth-order valence-corrected chi connectivity index (χ4v) is 2.93. The van der Waals surface area contributed by atoms with Crippen LogP contribution in [-0.2, 0) is 16.1 Å². The van der Waals surface area contributed by atoms with Crippen molar-refractivity contribution in [2.45, 2.75) is 39.3 Å². The van der Waals surface area contributed by atoms with Crippen molar-refractivity contribution >= 4 is 11.9 Å². The maximum Gasteiger partial charge on any atom is 0.340 e. The average Bonchev–Trinajstić information content (AvgIpc) is 3.37. The van der Waals surface area contributed by atoms with E-state index in [1.807, 2.05) is 50.2 Å². The first-order valence-corrected chi connectivity index (χ1v) is 8.22. The minimum absolute atomic E-state index is 0.265. The summed E-state index contributed by atoms with van der Waals surface area (Å²) in [5.74, 6) is -0.743. The second-order valence-electron chi connectivity index (χ2n) is 6.22. The number of carbonyl (C=O) groups is 2. The number of nitrogens with zero attached hydrogens (tertiary/aromatic N) is 1. The van der Waals surface area contributed by atoms with Gasteiger partial charge in [-0.3, -0.25) is 4.79 Å². The molecule has 0 unspecified atom stereocenters. The first-order chi connectivity index (χ1) is 11.6. The second-order valence-corrected chi connectivity index (χ2v) is 6.22. The predicted octanol–water partition coefficient (Wildman–Crippen LogP) is 2.91. The van der Waals surface area contributed by atoms with Crippen LogP contribution in [0.2, 0.25) is 0 Å². The van der Waals surface area contributed by atoms with Crippen LogP contribution < -0.4 is 5.32 Å². The van der Waals surface area contributed by atoms with E-state index >= 15 is 0 Å². The number of carbonyl (C=O) groups excluding carboxylic acids is 2. The van der Waals surface area contributed by atoms with Crippen LogP contribution >= 0.6 is 0 Å². The van der Waals surface area contributed by atoms with Crippen molar-refractivity contribution in [1.82, 2.24) is 9.88 Å². The van der Waals surface area contributed by atoms with Gasteiger partial charge in [0.25, 0.3) is 5.91 Å². The van der Waals surface area contributed by atoms with E-state index in [1.54, 1.807) is 0 Å². The zero-order valence-electron chi connectivity index (χ0n) is 14.0. The number of aryl methyl sites for hydroxylation is 1. The van der Waals surface area contributed by atoms with Crippen molar-refractivity contribution in [2.24, 2.45) is 0 Å². The summed E-state index contributed by atoms with van der Waals surface area (Å²) in [5, 5.41) is 2.74. The van der Waals surface area contributed by atoms with Crippen LogP contribution in [0, 0.1) is 13.8 Å². The number of hydrogen-bond acceptors (Lipinski definition) is 3. The van der Waals surface area contributed by atoms with Crippen LogP contribution in [-0.4, -0.2) is 23.1 Å². The Kier molecular flexibility index (Phi) is 4.69. The van der Waals surface area contributed by atoms with E-state index in [1.165, 1.54) is 0 Å². The highest BCUT2D eigenvalue weighted by Gasteiger charge is 2.28.